The third-order valence-corrected chi connectivity index (χ3v) is 3.42. The lowest BCUT2D eigenvalue weighted by Crippen LogP contribution is -2.37. The summed E-state index contributed by atoms with van der Waals surface area (Å²) in [6.45, 7) is 3.26. The van der Waals surface area contributed by atoms with Crippen LogP contribution in [0.3, 0.4) is 0 Å². The van der Waals surface area contributed by atoms with Gasteiger partial charge in [0.05, 0.1) is 17.0 Å². The molecule has 0 aliphatic heterocycles. The summed E-state index contributed by atoms with van der Waals surface area (Å²) < 4.78 is 18.9. The molecule has 0 spiro atoms. The van der Waals surface area contributed by atoms with Crippen molar-refractivity contribution in [2.24, 2.45) is 11.1 Å². The fourth-order valence-electron chi connectivity index (χ4n) is 1.54. The van der Waals surface area contributed by atoms with Gasteiger partial charge in [-0.1, -0.05) is 12.1 Å². The van der Waals surface area contributed by atoms with Crippen molar-refractivity contribution >= 4 is 21.9 Å². The lowest BCUT2D eigenvalue weighted by atomic mass is 9.81. The SMILES string of the molecule is COC(=O)C(C)(C)[C@H](N)c1cccc(Br)c1F. The summed E-state index contributed by atoms with van der Waals surface area (Å²) in [5.41, 5.74) is 5.25. The molecule has 1 atom stereocenters. The molecule has 0 aliphatic rings. The highest BCUT2D eigenvalue weighted by atomic mass is 79.9. The number of carbonyl (C=O) groups excluding carboxylic acids is 1. The summed E-state index contributed by atoms with van der Waals surface area (Å²) >= 11 is 3.09. The zero-order chi connectivity index (χ0) is 13.2. The zero-order valence-corrected chi connectivity index (χ0v) is 11.5. The summed E-state index contributed by atoms with van der Waals surface area (Å²) in [5, 5.41) is 0. The molecule has 1 rings (SSSR count). The van der Waals surface area contributed by atoms with Gasteiger partial charge in [-0.25, -0.2) is 4.39 Å². The van der Waals surface area contributed by atoms with Crippen LogP contribution in [-0.2, 0) is 9.53 Å². The number of hydrogen-bond acceptors (Lipinski definition) is 3. The normalized spacial score (nSPS) is 13.3. The molecule has 0 radical (unpaired) electrons. The largest absolute Gasteiger partial charge is 0.469 e. The molecule has 2 N–H and O–H groups in total. The summed E-state index contributed by atoms with van der Waals surface area (Å²) in [6.07, 6.45) is 0. The standard InChI is InChI=1S/C12H15BrFNO2/c1-12(2,11(16)17-3)10(15)7-5-4-6-8(13)9(7)14/h4-6,10H,15H2,1-3H3/t10-/m1/s1. The average molecular weight is 304 g/mol. The molecular formula is C12H15BrFNO2. The number of benzene rings is 1. The minimum Gasteiger partial charge on any atom is -0.469 e. The Kier molecular flexibility index (Phi) is 4.27. The van der Waals surface area contributed by atoms with Crippen LogP contribution in [0.2, 0.25) is 0 Å². The second-order valence-electron chi connectivity index (χ2n) is 4.33. The van der Waals surface area contributed by atoms with Gasteiger partial charge >= 0.3 is 5.97 Å². The zero-order valence-electron chi connectivity index (χ0n) is 9.96. The van der Waals surface area contributed by atoms with Crippen molar-refractivity contribution in [2.45, 2.75) is 19.9 Å². The Hall–Kier alpha value is -0.940. The van der Waals surface area contributed by atoms with Crippen LogP contribution >= 0.6 is 15.9 Å². The quantitative estimate of drug-likeness (QED) is 0.874. The molecule has 17 heavy (non-hydrogen) atoms. The maximum atomic E-state index is 13.9. The smallest absolute Gasteiger partial charge is 0.313 e. The van der Waals surface area contributed by atoms with Crippen LogP contribution in [0.1, 0.15) is 25.5 Å². The number of halogens is 2. The van der Waals surface area contributed by atoms with Crippen LogP contribution in [0.4, 0.5) is 4.39 Å². The Morgan fingerprint density at radius 3 is 2.65 bits per heavy atom. The molecule has 0 heterocycles. The third-order valence-electron chi connectivity index (χ3n) is 2.81. The monoisotopic (exact) mass is 303 g/mol. The van der Waals surface area contributed by atoms with Crippen LogP contribution in [-0.4, -0.2) is 13.1 Å². The number of hydrogen-bond donors (Lipinski definition) is 1. The fraction of sp³-hybridized carbons (Fsp3) is 0.417. The molecule has 0 aromatic heterocycles. The van der Waals surface area contributed by atoms with Gasteiger partial charge < -0.3 is 10.5 Å². The van der Waals surface area contributed by atoms with Crippen LogP contribution in [0.25, 0.3) is 0 Å². The van der Waals surface area contributed by atoms with Crippen molar-refractivity contribution in [3.05, 3.63) is 34.1 Å². The van der Waals surface area contributed by atoms with Gasteiger partial charge in [0.25, 0.3) is 0 Å². The second kappa shape index (κ2) is 5.14. The molecular weight excluding hydrogens is 289 g/mol. The highest BCUT2D eigenvalue weighted by Gasteiger charge is 2.38. The van der Waals surface area contributed by atoms with Crippen molar-refractivity contribution < 1.29 is 13.9 Å². The molecule has 3 nitrogen and oxygen atoms in total. The Morgan fingerprint density at radius 2 is 2.12 bits per heavy atom. The van der Waals surface area contributed by atoms with E-state index >= 15 is 0 Å². The van der Waals surface area contributed by atoms with Gasteiger partial charge in [-0.2, -0.15) is 0 Å². The molecule has 5 heteroatoms. The van der Waals surface area contributed by atoms with Gasteiger partial charge in [-0.15, -0.1) is 0 Å². The number of carbonyl (C=O) groups is 1. The van der Waals surface area contributed by atoms with E-state index in [1.165, 1.54) is 7.11 Å². The van der Waals surface area contributed by atoms with E-state index < -0.39 is 23.2 Å². The third kappa shape index (κ3) is 2.66. The number of rotatable bonds is 3. The molecule has 1 aromatic carbocycles. The maximum absolute atomic E-state index is 13.9. The summed E-state index contributed by atoms with van der Waals surface area (Å²) in [7, 11) is 1.29. The predicted molar refractivity (Wildman–Crippen MR) is 66.8 cm³/mol. The molecule has 1 aromatic rings. The van der Waals surface area contributed by atoms with Gasteiger partial charge in [0, 0.05) is 11.6 Å². The van der Waals surface area contributed by atoms with Crippen molar-refractivity contribution in [1.29, 1.82) is 0 Å². The average Bonchev–Trinajstić information content (AvgIpc) is 2.30. The first-order valence-corrected chi connectivity index (χ1v) is 5.89. The minimum absolute atomic E-state index is 0.287. The van der Waals surface area contributed by atoms with Crippen molar-refractivity contribution in [1.82, 2.24) is 0 Å². The van der Waals surface area contributed by atoms with Crippen molar-refractivity contribution in [3.63, 3.8) is 0 Å². The first kappa shape index (κ1) is 14.1. The number of nitrogens with two attached hydrogens (primary N) is 1. The van der Waals surface area contributed by atoms with E-state index in [0.717, 1.165) is 0 Å². The highest BCUT2D eigenvalue weighted by Crippen LogP contribution is 2.35. The topological polar surface area (TPSA) is 52.3 Å². The first-order valence-electron chi connectivity index (χ1n) is 5.10. The van der Waals surface area contributed by atoms with Crippen LogP contribution < -0.4 is 5.73 Å². The van der Waals surface area contributed by atoms with E-state index in [2.05, 4.69) is 20.7 Å². The maximum Gasteiger partial charge on any atom is 0.313 e. The molecule has 94 valence electrons. The van der Waals surface area contributed by atoms with Crippen molar-refractivity contribution in [2.75, 3.05) is 7.11 Å². The Bertz CT molecular complexity index is 435. The van der Waals surface area contributed by atoms with E-state index in [1.54, 1.807) is 32.0 Å². The Labute approximate surface area is 108 Å². The van der Waals surface area contributed by atoms with Gasteiger partial charge in [0.1, 0.15) is 5.82 Å². The fourth-order valence-corrected chi connectivity index (χ4v) is 1.92. The highest BCUT2D eigenvalue weighted by molar-refractivity contribution is 9.10. The van der Waals surface area contributed by atoms with E-state index in [4.69, 9.17) is 5.73 Å². The molecule has 0 aliphatic carbocycles. The molecule has 0 bridgehead atoms. The molecule has 0 fully saturated rings. The molecule has 0 unspecified atom stereocenters. The van der Waals surface area contributed by atoms with Crippen LogP contribution in [0, 0.1) is 11.2 Å². The lowest BCUT2D eigenvalue weighted by molar-refractivity contribution is -0.152. The van der Waals surface area contributed by atoms with E-state index in [1.807, 2.05) is 0 Å². The summed E-state index contributed by atoms with van der Waals surface area (Å²) in [5.74, 6) is -0.915. The van der Waals surface area contributed by atoms with Gasteiger partial charge in [-0.3, -0.25) is 4.79 Å². The van der Waals surface area contributed by atoms with E-state index in [0.29, 0.717) is 4.47 Å². The van der Waals surface area contributed by atoms with E-state index in [-0.39, 0.29) is 5.56 Å². The Balaban J connectivity index is 3.16. The van der Waals surface area contributed by atoms with Gasteiger partial charge in [0.2, 0.25) is 0 Å². The number of esters is 1. The van der Waals surface area contributed by atoms with Crippen LogP contribution in [0.15, 0.2) is 22.7 Å². The van der Waals surface area contributed by atoms with Gasteiger partial charge in [0.15, 0.2) is 0 Å². The van der Waals surface area contributed by atoms with Crippen LogP contribution in [0.5, 0.6) is 0 Å². The number of ether oxygens (including phenoxy) is 1. The van der Waals surface area contributed by atoms with Gasteiger partial charge in [-0.05, 0) is 35.8 Å². The molecule has 0 saturated carbocycles. The number of methoxy groups -OCH3 is 1. The second-order valence-corrected chi connectivity index (χ2v) is 5.19. The lowest BCUT2D eigenvalue weighted by Gasteiger charge is -2.29. The van der Waals surface area contributed by atoms with E-state index in [9.17, 15) is 9.18 Å². The Morgan fingerprint density at radius 1 is 1.53 bits per heavy atom. The predicted octanol–water partition coefficient (Wildman–Crippen LogP) is 2.79. The minimum atomic E-state index is -0.990. The van der Waals surface area contributed by atoms with Crippen molar-refractivity contribution in [3.8, 4) is 0 Å². The first-order chi connectivity index (χ1) is 7.82. The molecule has 0 amide bonds. The summed E-state index contributed by atoms with van der Waals surface area (Å²) in [4.78, 5) is 11.6. The molecule has 0 saturated heterocycles. The summed E-state index contributed by atoms with van der Waals surface area (Å²) in [6, 6.07) is 4.05.